The van der Waals surface area contributed by atoms with Crippen LogP contribution < -0.4 is 5.73 Å². The average Bonchev–Trinajstić information content (AvgIpc) is 2.99. The Bertz CT molecular complexity index is 579. The van der Waals surface area contributed by atoms with Gasteiger partial charge in [0, 0.05) is 11.7 Å². The molecule has 0 saturated heterocycles. The van der Waals surface area contributed by atoms with E-state index in [-0.39, 0.29) is 0 Å². The van der Waals surface area contributed by atoms with E-state index in [2.05, 4.69) is 14.8 Å². The van der Waals surface area contributed by atoms with Crippen LogP contribution in [0.3, 0.4) is 0 Å². The topological polar surface area (TPSA) is 56.7 Å². The number of halogens is 1. The molecular formula is C14H17ClN4. The highest BCUT2D eigenvalue weighted by atomic mass is 35.5. The summed E-state index contributed by atoms with van der Waals surface area (Å²) in [5, 5.41) is 9.15. The first-order valence-corrected chi connectivity index (χ1v) is 7.02. The Kier molecular flexibility index (Phi) is 3.19. The molecule has 1 aromatic heterocycles. The van der Waals surface area contributed by atoms with Gasteiger partial charge in [-0.05, 0) is 31.9 Å². The third-order valence-electron chi connectivity index (χ3n) is 3.83. The van der Waals surface area contributed by atoms with Crippen LogP contribution >= 0.6 is 11.6 Å². The van der Waals surface area contributed by atoms with Crippen LogP contribution in [-0.4, -0.2) is 14.8 Å². The van der Waals surface area contributed by atoms with E-state index in [9.17, 15) is 0 Å². The van der Waals surface area contributed by atoms with Gasteiger partial charge >= 0.3 is 0 Å². The van der Waals surface area contributed by atoms with Crippen molar-refractivity contribution in [2.24, 2.45) is 0 Å². The minimum absolute atomic E-state index is 0.473. The number of aryl methyl sites for hydroxylation is 1. The maximum atomic E-state index is 6.29. The van der Waals surface area contributed by atoms with Crippen molar-refractivity contribution in [1.29, 1.82) is 0 Å². The first kappa shape index (κ1) is 12.5. The number of benzene rings is 1. The summed E-state index contributed by atoms with van der Waals surface area (Å²) in [6.45, 7) is 1.99. The van der Waals surface area contributed by atoms with E-state index in [1.54, 1.807) is 0 Å². The summed E-state index contributed by atoms with van der Waals surface area (Å²) >= 11 is 6.29. The van der Waals surface area contributed by atoms with Crippen LogP contribution in [0.1, 0.15) is 37.5 Å². The fourth-order valence-corrected chi connectivity index (χ4v) is 3.18. The summed E-state index contributed by atoms with van der Waals surface area (Å²) in [4.78, 5) is 0. The lowest BCUT2D eigenvalue weighted by atomic mass is 10.1. The van der Waals surface area contributed by atoms with Crippen molar-refractivity contribution in [2.75, 3.05) is 5.73 Å². The SMILES string of the molecule is Cc1nnc(-c2c(N)cccc2Cl)n1C1CCCC1. The Balaban J connectivity index is 2.15. The van der Waals surface area contributed by atoms with Gasteiger partial charge in [-0.2, -0.15) is 0 Å². The standard InChI is InChI=1S/C14H17ClN4/c1-9-17-18-14(19(9)10-5-2-3-6-10)13-11(15)7-4-8-12(13)16/h4,7-8,10H,2-3,5-6,16H2,1H3. The highest BCUT2D eigenvalue weighted by molar-refractivity contribution is 6.33. The summed E-state index contributed by atoms with van der Waals surface area (Å²) in [5.74, 6) is 1.73. The zero-order valence-electron chi connectivity index (χ0n) is 10.9. The van der Waals surface area contributed by atoms with Crippen LogP contribution in [0.25, 0.3) is 11.4 Å². The Morgan fingerprint density at radius 3 is 2.68 bits per heavy atom. The number of anilines is 1. The summed E-state index contributed by atoms with van der Waals surface area (Å²) in [6, 6.07) is 6.02. The van der Waals surface area contributed by atoms with E-state index < -0.39 is 0 Å². The number of nitrogens with two attached hydrogens (primary N) is 1. The molecule has 2 aromatic rings. The number of hydrogen-bond donors (Lipinski definition) is 1. The minimum atomic E-state index is 0.473. The highest BCUT2D eigenvalue weighted by Crippen LogP contribution is 2.37. The molecule has 5 heteroatoms. The molecule has 3 rings (SSSR count). The second-order valence-electron chi connectivity index (χ2n) is 5.08. The van der Waals surface area contributed by atoms with Gasteiger partial charge in [0.15, 0.2) is 5.82 Å². The van der Waals surface area contributed by atoms with Gasteiger partial charge in [-0.3, -0.25) is 0 Å². The molecular weight excluding hydrogens is 260 g/mol. The van der Waals surface area contributed by atoms with Crippen LogP contribution in [0.4, 0.5) is 5.69 Å². The van der Waals surface area contributed by atoms with E-state index in [0.717, 1.165) is 17.2 Å². The van der Waals surface area contributed by atoms with Gasteiger partial charge in [0.1, 0.15) is 5.82 Å². The van der Waals surface area contributed by atoms with E-state index in [1.807, 2.05) is 25.1 Å². The van der Waals surface area contributed by atoms with Crippen molar-refractivity contribution in [3.63, 3.8) is 0 Å². The predicted molar refractivity (Wildman–Crippen MR) is 77.1 cm³/mol. The normalized spacial score (nSPS) is 16.1. The molecule has 1 aromatic carbocycles. The maximum absolute atomic E-state index is 6.29. The van der Waals surface area contributed by atoms with Crippen molar-refractivity contribution in [3.05, 3.63) is 29.0 Å². The van der Waals surface area contributed by atoms with Crippen LogP contribution in [0.2, 0.25) is 5.02 Å². The first-order valence-electron chi connectivity index (χ1n) is 6.64. The summed E-state index contributed by atoms with van der Waals surface area (Å²) in [5.41, 5.74) is 7.52. The van der Waals surface area contributed by atoms with Crippen molar-refractivity contribution < 1.29 is 0 Å². The van der Waals surface area contributed by atoms with Crippen molar-refractivity contribution >= 4 is 17.3 Å². The fraction of sp³-hybridized carbons (Fsp3) is 0.429. The lowest BCUT2D eigenvalue weighted by molar-refractivity contribution is 0.510. The molecule has 2 N–H and O–H groups in total. The van der Waals surface area contributed by atoms with E-state index in [4.69, 9.17) is 17.3 Å². The molecule has 1 heterocycles. The third-order valence-corrected chi connectivity index (χ3v) is 4.14. The smallest absolute Gasteiger partial charge is 0.167 e. The summed E-state index contributed by atoms with van der Waals surface area (Å²) in [7, 11) is 0. The number of nitrogen functional groups attached to an aromatic ring is 1. The molecule has 0 bridgehead atoms. The van der Waals surface area contributed by atoms with Gasteiger partial charge in [-0.25, -0.2) is 0 Å². The van der Waals surface area contributed by atoms with Crippen molar-refractivity contribution in [1.82, 2.24) is 14.8 Å². The Hall–Kier alpha value is -1.55. The largest absolute Gasteiger partial charge is 0.398 e. The Morgan fingerprint density at radius 2 is 2.00 bits per heavy atom. The van der Waals surface area contributed by atoms with Gasteiger partial charge in [-0.15, -0.1) is 10.2 Å². The lowest BCUT2D eigenvalue weighted by Crippen LogP contribution is -2.09. The van der Waals surface area contributed by atoms with Gasteiger partial charge in [0.25, 0.3) is 0 Å². The molecule has 0 spiro atoms. The molecule has 1 saturated carbocycles. The molecule has 0 radical (unpaired) electrons. The number of rotatable bonds is 2. The predicted octanol–water partition coefficient (Wildman–Crippen LogP) is 3.60. The maximum Gasteiger partial charge on any atom is 0.167 e. The monoisotopic (exact) mass is 276 g/mol. The zero-order chi connectivity index (χ0) is 13.4. The number of aromatic nitrogens is 3. The lowest BCUT2D eigenvalue weighted by Gasteiger charge is -2.17. The van der Waals surface area contributed by atoms with Gasteiger partial charge < -0.3 is 10.3 Å². The van der Waals surface area contributed by atoms with Gasteiger partial charge in [-0.1, -0.05) is 30.5 Å². The zero-order valence-corrected chi connectivity index (χ0v) is 11.7. The molecule has 1 fully saturated rings. The Morgan fingerprint density at radius 1 is 1.26 bits per heavy atom. The molecule has 0 aliphatic heterocycles. The molecule has 19 heavy (non-hydrogen) atoms. The molecule has 0 amide bonds. The quantitative estimate of drug-likeness (QED) is 0.853. The van der Waals surface area contributed by atoms with Crippen LogP contribution in [0.15, 0.2) is 18.2 Å². The molecule has 1 aliphatic rings. The summed E-state index contributed by atoms with van der Waals surface area (Å²) < 4.78 is 2.20. The second kappa shape index (κ2) is 4.85. The number of nitrogens with zero attached hydrogens (tertiary/aromatic N) is 3. The average molecular weight is 277 g/mol. The van der Waals surface area contributed by atoms with Gasteiger partial charge in [0.2, 0.25) is 0 Å². The minimum Gasteiger partial charge on any atom is -0.398 e. The van der Waals surface area contributed by atoms with Crippen LogP contribution in [0, 0.1) is 6.92 Å². The molecule has 1 aliphatic carbocycles. The van der Waals surface area contributed by atoms with Crippen LogP contribution in [0.5, 0.6) is 0 Å². The van der Waals surface area contributed by atoms with E-state index in [0.29, 0.717) is 16.8 Å². The second-order valence-corrected chi connectivity index (χ2v) is 5.49. The van der Waals surface area contributed by atoms with Crippen molar-refractivity contribution in [3.8, 4) is 11.4 Å². The fourth-order valence-electron chi connectivity index (χ4n) is 2.92. The van der Waals surface area contributed by atoms with Gasteiger partial charge in [0.05, 0.1) is 10.6 Å². The molecule has 100 valence electrons. The molecule has 4 nitrogen and oxygen atoms in total. The number of hydrogen-bond acceptors (Lipinski definition) is 3. The Labute approximate surface area is 117 Å². The van der Waals surface area contributed by atoms with E-state index in [1.165, 1.54) is 25.7 Å². The molecule has 0 unspecified atom stereocenters. The van der Waals surface area contributed by atoms with Crippen LogP contribution in [-0.2, 0) is 0 Å². The molecule has 0 atom stereocenters. The summed E-state index contributed by atoms with van der Waals surface area (Å²) in [6.07, 6.45) is 4.88. The van der Waals surface area contributed by atoms with E-state index >= 15 is 0 Å². The van der Waals surface area contributed by atoms with Crippen molar-refractivity contribution in [2.45, 2.75) is 38.6 Å². The third kappa shape index (κ3) is 2.10. The highest BCUT2D eigenvalue weighted by Gasteiger charge is 2.24. The first-order chi connectivity index (χ1) is 9.18.